The Morgan fingerprint density at radius 2 is 1.62 bits per heavy atom. The number of carbonyl (C=O) groups excluding carboxylic acids is 2. The number of aliphatic hydroxyl groups excluding tert-OH is 2. The summed E-state index contributed by atoms with van der Waals surface area (Å²) >= 11 is 0. The van der Waals surface area contributed by atoms with Crippen LogP contribution in [0.3, 0.4) is 0 Å². The number of rotatable bonds is 14. The second-order valence-electron chi connectivity index (χ2n) is 9.34. The summed E-state index contributed by atoms with van der Waals surface area (Å²) < 4.78 is 32.7. The second-order valence-corrected chi connectivity index (χ2v) is 9.34. The van der Waals surface area contributed by atoms with Crippen molar-refractivity contribution in [2.24, 2.45) is 0 Å². The Hall–Kier alpha value is -3.66. The molecule has 3 rings (SSSR count). The number of aryl methyl sites for hydroxylation is 1. The van der Waals surface area contributed by atoms with Crippen molar-refractivity contribution in [2.45, 2.75) is 51.0 Å². The number of ether oxygens (including phenoxy) is 1. The van der Waals surface area contributed by atoms with Crippen molar-refractivity contribution in [3.63, 3.8) is 0 Å². The molecule has 0 aromatic heterocycles. The van der Waals surface area contributed by atoms with E-state index in [0.717, 1.165) is 30.2 Å². The van der Waals surface area contributed by atoms with Crippen molar-refractivity contribution in [3.8, 4) is 5.75 Å². The lowest BCUT2D eigenvalue weighted by molar-refractivity contribution is -0.130. The third kappa shape index (κ3) is 9.24. The van der Waals surface area contributed by atoms with Crippen LogP contribution in [-0.2, 0) is 24.2 Å². The molecule has 0 saturated heterocycles. The zero-order chi connectivity index (χ0) is 28.4. The Morgan fingerprint density at radius 1 is 0.923 bits per heavy atom. The van der Waals surface area contributed by atoms with Gasteiger partial charge in [-0.1, -0.05) is 43.3 Å². The van der Waals surface area contributed by atoms with Gasteiger partial charge >= 0.3 is 0 Å². The molecule has 0 saturated carbocycles. The summed E-state index contributed by atoms with van der Waals surface area (Å²) in [6, 6.07) is 16.2. The van der Waals surface area contributed by atoms with Crippen LogP contribution in [-0.4, -0.2) is 53.8 Å². The molecule has 3 aromatic rings. The topological polar surface area (TPSA) is 108 Å². The molecule has 1 amide bonds. The number of aliphatic hydroxyl groups is 2. The summed E-state index contributed by atoms with van der Waals surface area (Å²) in [4.78, 5) is 25.4. The number of Topliss-reactive ketones (excluding diaryl/α,β-unsaturated/α-hetero) is 1. The molecule has 208 valence electrons. The molecule has 3 aromatic carbocycles. The SMILES string of the molecule is CCc1cccc(CNC[C@H](O)[C@H](Cc2cc(F)cc(F)c2)NC(=O)C(O)CC(=O)c2cccc(OC)c2)c1. The normalized spacial score (nSPS) is 13.4. The highest BCUT2D eigenvalue weighted by Gasteiger charge is 2.27. The number of nitrogens with one attached hydrogen (secondary N) is 2. The molecule has 0 aliphatic rings. The van der Waals surface area contributed by atoms with Crippen LogP contribution in [0.25, 0.3) is 0 Å². The van der Waals surface area contributed by atoms with Gasteiger partial charge < -0.3 is 25.6 Å². The van der Waals surface area contributed by atoms with E-state index in [1.165, 1.54) is 18.7 Å². The number of amides is 1. The minimum absolute atomic E-state index is 0.0535. The molecule has 0 spiro atoms. The summed E-state index contributed by atoms with van der Waals surface area (Å²) in [5.74, 6) is -2.48. The number of halogens is 2. The van der Waals surface area contributed by atoms with Crippen molar-refractivity contribution in [1.82, 2.24) is 10.6 Å². The van der Waals surface area contributed by atoms with Gasteiger partial charge in [-0.15, -0.1) is 0 Å². The summed E-state index contributed by atoms with van der Waals surface area (Å²) in [5.41, 5.74) is 2.67. The molecular formula is C30H34F2N2O5. The molecule has 39 heavy (non-hydrogen) atoms. The van der Waals surface area contributed by atoms with Crippen LogP contribution in [0.5, 0.6) is 5.75 Å². The van der Waals surface area contributed by atoms with Crippen LogP contribution >= 0.6 is 0 Å². The van der Waals surface area contributed by atoms with Crippen LogP contribution in [0.1, 0.15) is 40.4 Å². The van der Waals surface area contributed by atoms with E-state index < -0.39 is 48.0 Å². The molecule has 0 fully saturated rings. The van der Waals surface area contributed by atoms with Gasteiger partial charge in [0.1, 0.15) is 23.5 Å². The average molecular weight is 541 g/mol. The van der Waals surface area contributed by atoms with Crippen molar-refractivity contribution in [3.05, 3.63) is 101 Å². The van der Waals surface area contributed by atoms with E-state index in [1.807, 2.05) is 24.3 Å². The highest BCUT2D eigenvalue weighted by Crippen LogP contribution is 2.16. The van der Waals surface area contributed by atoms with E-state index in [1.54, 1.807) is 18.2 Å². The van der Waals surface area contributed by atoms with Gasteiger partial charge in [-0.2, -0.15) is 0 Å². The fourth-order valence-corrected chi connectivity index (χ4v) is 4.19. The minimum atomic E-state index is -1.70. The lowest BCUT2D eigenvalue weighted by Gasteiger charge is -2.26. The maximum atomic E-state index is 13.8. The molecular weight excluding hydrogens is 506 g/mol. The van der Waals surface area contributed by atoms with Gasteiger partial charge in [0.25, 0.3) is 0 Å². The third-order valence-corrected chi connectivity index (χ3v) is 6.33. The Bertz CT molecular complexity index is 1250. The van der Waals surface area contributed by atoms with E-state index in [2.05, 4.69) is 17.6 Å². The summed E-state index contributed by atoms with van der Waals surface area (Å²) in [6.45, 7) is 2.56. The van der Waals surface area contributed by atoms with Gasteiger partial charge in [0, 0.05) is 31.1 Å². The van der Waals surface area contributed by atoms with Gasteiger partial charge in [-0.25, -0.2) is 8.78 Å². The van der Waals surface area contributed by atoms with Crippen LogP contribution < -0.4 is 15.4 Å². The smallest absolute Gasteiger partial charge is 0.249 e. The molecule has 3 atom stereocenters. The highest BCUT2D eigenvalue weighted by atomic mass is 19.1. The molecule has 7 nitrogen and oxygen atoms in total. The monoisotopic (exact) mass is 540 g/mol. The largest absolute Gasteiger partial charge is 0.497 e. The third-order valence-electron chi connectivity index (χ3n) is 6.33. The summed E-state index contributed by atoms with van der Waals surface area (Å²) in [6.07, 6.45) is -2.59. The Labute approximate surface area is 226 Å². The maximum absolute atomic E-state index is 13.8. The molecule has 0 bridgehead atoms. The standard InChI is InChI=1S/C30H34F2N2O5/c1-3-19-6-4-7-20(10-19)17-33-18-29(37)26(13-21-11-23(31)15-24(32)12-21)34-30(38)28(36)16-27(35)22-8-5-9-25(14-22)39-2/h4-12,14-15,26,28-29,33,36-37H,3,13,16-18H2,1-2H3,(H,34,38)/t26-,28?,29-/m0/s1. The number of benzene rings is 3. The molecule has 0 radical (unpaired) electrons. The van der Waals surface area contributed by atoms with Gasteiger partial charge in [-0.3, -0.25) is 9.59 Å². The zero-order valence-electron chi connectivity index (χ0n) is 22.0. The zero-order valence-corrected chi connectivity index (χ0v) is 22.0. The van der Waals surface area contributed by atoms with Crippen molar-refractivity contribution in [2.75, 3.05) is 13.7 Å². The molecule has 9 heteroatoms. The van der Waals surface area contributed by atoms with E-state index >= 15 is 0 Å². The first-order valence-corrected chi connectivity index (χ1v) is 12.8. The second kappa shape index (κ2) is 14.5. The molecule has 4 N–H and O–H groups in total. The fraction of sp³-hybridized carbons (Fsp3) is 0.333. The number of ketones is 1. The van der Waals surface area contributed by atoms with Gasteiger partial charge in [0.05, 0.1) is 19.3 Å². The lowest BCUT2D eigenvalue weighted by atomic mass is 9.99. The van der Waals surface area contributed by atoms with Crippen molar-refractivity contribution < 1.29 is 33.3 Å². The van der Waals surface area contributed by atoms with Gasteiger partial charge in [0.15, 0.2) is 5.78 Å². The van der Waals surface area contributed by atoms with Crippen LogP contribution in [0.2, 0.25) is 0 Å². The van der Waals surface area contributed by atoms with Gasteiger partial charge in [0.2, 0.25) is 5.91 Å². The molecule has 1 unspecified atom stereocenters. The maximum Gasteiger partial charge on any atom is 0.249 e. The number of methoxy groups -OCH3 is 1. The van der Waals surface area contributed by atoms with E-state index in [4.69, 9.17) is 4.74 Å². The van der Waals surface area contributed by atoms with E-state index in [-0.39, 0.29) is 24.1 Å². The van der Waals surface area contributed by atoms with Gasteiger partial charge in [-0.05, 0) is 53.8 Å². The van der Waals surface area contributed by atoms with Crippen molar-refractivity contribution in [1.29, 1.82) is 0 Å². The van der Waals surface area contributed by atoms with Crippen molar-refractivity contribution >= 4 is 11.7 Å². The summed E-state index contributed by atoms with van der Waals surface area (Å²) in [7, 11) is 1.46. The predicted molar refractivity (Wildman–Crippen MR) is 143 cm³/mol. The molecule has 0 heterocycles. The van der Waals surface area contributed by atoms with E-state index in [0.29, 0.717) is 12.3 Å². The minimum Gasteiger partial charge on any atom is -0.497 e. The number of hydrogen-bond donors (Lipinski definition) is 4. The first-order valence-electron chi connectivity index (χ1n) is 12.8. The van der Waals surface area contributed by atoms with Crippen LogP contribution in [0, 0.1) is 11.6 Å². The predicted octanol–water partition coefficient (Wildman–Crippen LogP) is 3.35. The van der Waals surface area contributed by atoms with Crippen LogP contribution in [0.15, 0.2) is 66.7 Å². The fourth-order valence-electron chi connectivity index (χ4n) is 4.19. The Balaban J connectivity index is 1.67. The average Bonchev–Trinajstić information content (AvgIpc) is 2.92. The molecule has 0 aliphatic heterocycles. The summed E-state index contributed by atoms with van der Waals surface area (Å²) in [5, 5.41) is 27.0. The molecule has 0 aliphatic carbocycles. The lowest BCUT2D eigenvalue weighted by Crippen LogP contribution is -2.51. The first-order chi connectivity index (χ1) is 18.7. The first kappa shape index (κ1) is 29.9. The van der Waals surface area contributed by atoms with E-state index in [9.17, 15) is 28.6 Å². The number of carbonyl (C=O) groups is 2. The van der Waals surface area contributed by atoms with Crippen LogP contribution in [0.4, 0.5) is 8.78 Å². The Morgan fingerprint density at radius 3 is 2.31 bits per heavy atom. The highest BCUT2D eigenvalue weighted by molar-refractivity contribution is 5.99. The quantitative estimate of drug-likeness (QED) is 0.234. The number of hydrogen-bond acceptors (Lipinski definition) is 6. The Kier molecular flexibility index (Phi) is 11.1.